The third-order valence-corrected chi connectivity index (χ3v) is 4.84. The minimum atomic E-state index is -0.120. The van der Waals surface area contributed by atoms with Crippen LogP contribution in [0.2, 0.25) is 0 Å². The van der Waals surface area contributed by atoms with Crippen molar-refractivity contribution in [3.8, 4) is 5.69 Å². The monoisotopic (exact) mass is 383 g/mol. The molecule has 144 valence electrons. The highest BCUT2D eigenvalue weighted by Crippen LogP contribution is 2.20. The fourth-order valence-corrected chi connectivity index (χ4v) is 3.35. The molecule has 1 N–H and O–H groups in total. The predicted octanol–water partition coefficient (Wildman–Crippen LogP) is 3.68. The molecule has 1 aromatic heterocycles. The maximum absolute atomic E-state index is 13.0. The summed E-state index contributed by atoms with van der Waals surface area (Å²) in [5, 5.41) is 14.4. The number of benzene rings is 3. The van der Waals surface area contributed by atoms with E-state index in [1.165, 1.54) is 11.9 Å². The van der Waals surface area contributed by atoms with E-state index in [0.29, 0.717) is 5.56 Å². The first-order chi connectivity index (χ1) is 14.2. The van der Waals surface area contributed by atoms with Crippen molar-refractivity contribution in [2.45, 2.75) is 19.4 Å². The largest absolute Gasteiger partial charge is 0.345 e. The summed E-state index contributed by atoms with van der Waals surface area (Å²) in [6.45, 7) is 1.94. The molecule has 0 saturated carbocycles. The van der Waals surface area contributed by atoms with Crippen molar-refractivity contribution in [2.75, 3.05) is 0 Å². The third-order valence-electron chi connectivity index (χ3n) is 4.84. The number of tetrazole rings is 1. The molecule has 4 rings (SSSR count). The first-order valence-electron chi connectivity index (χ1n) is 9.44. The van der Waals surface area contributed by atoms with Gasteiger partial charge < -0.3 is 5.32 Å². The van der Waals surface area contributed by atoms with Crippen molar-refractivity contribution < 1.29 is 4.79 Å². The van der Waals surface area contributed by atoms with E-state index in [1.807, 2.05) is 67.6 Å². The summed E-state index contributed by atoms with van der Waals surface area (Å²) in [4.78, 5) is 13.0. The highest BCUT2D eigenvalue weighted by atomic mass is 16.1. The molecule has 0 aliphatic heterocycles. The van der Waals surface area contributed by atoms with Crippen LogP contribution >= 0.6 is 0 Å². The lowest BCUT2D eigenvalue weighted by molar-refractivity contribution is 0.0936. The molecule has 3 aromatic carbocycles. The molecule has 1 atom stereocenters. The number of amides is 1. The summed E-state index contributed by atoms with van der Waals surface area (Å²) in [7, 11) is 0. The molecule has 1 heterocycles. The van der Waals surface area contributed by atoms with Crippen LogP contribution in [0.25, 0.3) is 5.69 Å². The van der Waals surface area contributed by atoms with Gasteiger partial charge in [0.15, 0.2) is 0 Å². The molecule has 6 heteroatoms. The van der Waals surface area contributed by atoms with E-state index in [4.69, 9.17) is 0 Å². The number of carbonyl (C=O) groups excluding carboxylic acids is 1. The van der Waals surface area contributed by atoms with Crippen LogP contribution in [0.3, 0.4) is 0 Å². The van der Waals surface area contributed by atoms with Gasteiger partial charge in [0.25, 0.3) is 5.91 Å². The second-order valence-electron chi connectivity index (χ2n) is 6.88. The maximum atomic E-state index is 13.0. The Balaban J connectivity index is 1.57. The van der Waals surface area contributed by atoms with Crippen molar-refractivity contribution in [1.82, 2.24) is 25.5 Å². The Morgan fingerprint density at radius 3 is 2.38 bits per heavy atom. The van der Waals surface area contributed by atoms with Gasteiger partial charge in [-0.25, -0.2) is 4.68 Å². The first-order valence-corrected chi connectivity index (χ1v) is 9.44. The summed E-state index contributed by atoms with van der Waals surface area (Å²) < 4.78 is 1.58. The van der Waals surface area contributed by atoms with Gasteiger partial charge in [-0.3, -0.25) is 4.79 Å². The lowest BCUT2D eigenvalue weighted by Crippen LogP contribution is -2.30. The highest BCUT2D eigenvalue weighted by Gasteiger charge is 2.17. The normalized spacial score (nSPS) is 11.8. The smallest absolute Gasteiger partial charge is 0.251 e. The van der Waals surface area contributed by atoms with Crippen LogP contribution in [0.5, 0.6) is 0 Å². The second-order valence-corrected chi connectivity index (χ2v) is 6.88. The van der Waals surface area contributed by atoms with Crippen molar-refractivity contribution in [3.05, 3.63) is 107 Å². The van der Waals surface area contributed by atoms with Gasteiger partial charge in [-0.2, -0.15) is 0 Å². The molecule has 0 bridgehead atoms. The minimum absolute atomic E-state index is 0.110. The molecule has 1 amide bonds. The molecule has 4 aromatic rings. The molecular weight excluding hydrogens is 362 g/mol. The average molecular weight is 383 g/mol. The molecule has 0 aliphatic carbocycles. The molecule has 0 spiro atoms. The van der Waals surface area contributed by atoms with Gasteiger partial charge in [-0.1, -0.05) is 60.7 Å². The lowest BCUT2D eigenvalue weighted by atomic mass is 9.98. The van der Waals surface area contributed by atoms with Gasteiger partial charge in [-0.15, -0.1) is 5.10 Å². The van der Waals surface area contributed by atoms with Gasteiger partial charge in [0.2, 0.25) is 0 Å². The summed E-state index contributed by atoms with van der Waals surface area (Å²) >= 11 is 0. The number of nitrogens with zero attached hydrogens (tertiary/aromatic N) is 4. The average Bonchev–Trinajstić information content (AvgIpc) is 3.29. The Bertz CT molecular complexity index is 1080. The van der Waals surface area contributed by atoms with Crippen LogP contribution in [-0.2, 0) is 6.42 Å². The lowest BCUT2D eigenvalue weighted by Gasteiger charge is -2.20. The Morgan fingerprint density at radius 1 is 1.00 bits per heavy atom. The number of aromatic nitrogens is 4. The SMILES string of the molecule is Cc1cc(C(=O)NC(Cc2ccccc2)c2ccccc2)ccc1-n1cnnn1. The Morgan fingerprint density at radius 2 is 1.72 bits per heavy atom. The number of hydrogen-bond donors (Lipinski definition) is 1. The summed E-state index contributed by atoms with van der Waals surface area (Å²) in [6.07, 6.45) is 2.26. The van der Waals surface area contributed by atoms with E-state index in [2.05, 4.69) is 33.0 Å². The van der Waals surface area contributed by atoms with Crippen LogP contribution in [0.1, 0.15) is 33.1 Å². The summed E-state index contributed by atoms with van der Waals surface area (Å²) in [5.74, 6) is -0.110. The summed E-state index contributed by atoms with van der Waals surface area (Å²) in [5.41, 5.74) is 4.62. The molecular formula is C23H21N5O. The number of rotatable bonds is 6. The van der Waals surface area contributed by atoms with E-state index in [1.54, 1.807) is 10.7 Å². The van der Waals surface area contributed by atoms with Crippen LogP contribution in [-0.4, -0.2) is 26.1 Å². The van der Waals surface area contributed by atoms with Crippen LogP contribution in [0.4, 0.5) is 0 Å². The number of nitrogens with one attached hydrogen (secondary N) is 1. The van der Waals surface area contributed by atoms with Gasteiger partial charge >= 0.3 is 0 Å². The van der Waals surface area contributed by atoms with Gasteiger partial charge in [-0.05, 0) is 58.7 Å². The fourth-order valence-electron chi connectivity index (χ4n) is 3.35. The maximum Gasteiger partial charge on any atom is 0.251 e. The fraction of sp³-hybridized carbons (Fsp3) is 0.130. The third kappa shape index (κ3) is 4.38. The molecule has 0 aliphatic rings. The van der Waals surface area contributed by atoms with Crippen molar-refractivity contribution in [3.63, 3.8) is 0 Å². The van der Waals surface area contributed by atoms with Crippen LogP contribution in [0.15, 0.2) is 85.2 Å². The Hall–Kier alpha value is -3.80. The van der Waals surface area contributed by atoms with Crippen LogP contribution < -0.4 is 5.32 Å². The highest BCUT2D eigenvalue weighted by molar-refractivity contribution is 5.95. The van der Waals surface area contributed by atoms with Crippen molar-refractivity contribution in [2.24, 2.45) is 0 Å². The van der Waals surface area contributed by atoms with Crippen molar-refractivity contribution >= 4 is 5.91 Å². The van der Waals surface area contributed by atoms with Gasteiger partial charge in [0, 0.05) is 5.56 Å². The van der Waals surface area contributed by atoms with Gasteiger partial charge in [0.1, 0.15) is 6.33 Å². The number of hydrogen-bond acceptors (Lipinski definition) is 4. The zero-order valence-electron chi connectivity index (χ0n) is 16.1. The van der Waals surface area contributed by atoms with E-state index < -0.39 is 0 Å². The van der Waals surface area contributed by atoms with Gasteiger partial charge in [0.05, 0.1) is 11.7 Å². The topological polar surface area (TPSA) is 72.7 Å². The van der Waals surface area contributed by atoms with Crippen LogP contribution in [0, 0.1) is 6.92 Å². The summed E-state index contributed by atoms with van der Waals surface area (Å²) in [6, 6.07) is 25.6. The number of carbonyl (C=O) groups is 1. The van der Waals surface area contributed by atoms with E-state index in [-0.39, 0.29) is 11.9 Å². The number of aryl methyl sites for hydroxylation is 1. The van der Waals surface area contributed by atoms with E-state index in [9.17, 15) is 4.79 Å². The Labute approximate surface area is 169 Å². The zero-order valence-corrected chi connectivity index (χ0v) is 16.1. The molecule has 29 heavy (non-hydrogen) atoms. The molecule has 0 saturated heterocycles. The minimum Gasteiger partial charge on any atom is -0.345 e. The van der Waals surface area contributed by atoms with Crippen molar-refractivity contribution in [1.29, 1.82) is 0 Å². The second kappa shape index (κ2) is 8.48. The first kappa shape index (κ1) is 18.6. The molecule has 0 radical (unpaired) electrons. The predicted molar refractivity (Wildman–Crippen MR) is 111 cm³/mol. The molecule has 1 unspecified atom stereocenters. The zero-order chi connectivity index (χ0) is 20.1. The van der Waals surface area contributed by atoms with E-state index in [0.717, 1.165) is 23.2 Å². The quantitative estimate of drug-likeness (QED) is 0.551. The Kier molecular flexibility index (Phi) is 5.42. The molecule has 0 fully saturated rings. The molecule has 6 nitrogen and oxygen atoms in total. The van der Waals surface area contributed by atoms with E-state index >= 15 is 0 Å². The standard InChI is InChI=1S/C23H21N5O/c1-17-14-20(12-13-22(17)28-16-24-26-27-28)23(29)25-21(19-10-6-3-7-11-19)15-18-8-4-2-5-9-18/h2-14,16,21H,15H2,1H3,(H,25,29).